The van der Waals surface area contributed by atoms with Gasteiger partial charge in [-0.3, -0.25) is 4.79 Å². The highest BCUT2D eigenvalue weighted by Gasteiger charge is 2.33. The Hall–Kier alpha value is -2.87. The van der Waals surface area contributed by atoms with Crippen LogP contribution in [0, 0.1) is 0 Å². The van der Waals surface area contributed by atoms with E-state index in [0.717, 1.165) is 31.0 Å². The molecule has 2 aromatic carbocycles. The molecule has 1 unspecified atom stereocenters. The number of carboxylic acids is 1. The molecule has 8 heteroatoms. The maximum atomic E-state index is 13.1. The molecule has 1 saturated heterocycles. The molecule has 148 valence electrons. The largest absolute Gasteiger partial charge is 0.478 e. The molecule has 0 aliphatic carbocycles. The summed E-state index contributed by atoms with van der Waals surface area (Å²) in [6, 6.07) is 8.02. The summed E-state index contributed by atoms with van der Waals surface area (Å²) in [7, 11) is 0. The molecule has 1 aliphatic rings. The fraction of sp³-hybridized carbons (Fsp3) is 0.300. The van der Waals surface area contributed by atoms with E-state index >= 15 is 0 Å². The van der Waals surface area contributed by atoms with E-state index in [2.05, 4.69) is 0 Å². The third-order valence-corrected chi connectivity index (χ3v) is 4.35. The molecular weight excluding hydrogens is 377 g/mol. The zero-order valence-electron chi connectivity index (χ0n) is 14.7. The predicted octanol–water partition coefficient (Wildman–Crippen LogP) is 4.54. The van der Waals surface area contributed by atoms with Crippen LogP contribution in [0.4, 0.5) is 13.2 Å². The van der Waals surface area contributed by atoms with Gasteiger partial charge < -0.3 is 14.6 Å². The summed E-state index contributed by atoms with van der Waals surface area (Å²) in [5.41, 5.74) is -1.51. The lowest BCUT2D eigenvalue weighted by Crippen LogP contribution is -2.26. The SMILES string of the molecule is O=C(O)c1ccccc1C(=O)c1ccc(C(F)(F)F)cc1OC1CCCCO1. The molecule has 5 nitrogen and oxygen atoms in total. The molecule has 2 aromatic rings. The van der Waals surface area contributed by atoms with Crippen LogP contribution in [-0.4, -0.2) is 29.8 Å². The molecule has 0 radical (unpaired) electrons. The second kappa shape index (κ2) is 8.02. The number of alkyl halides is 3. The van der Waals surface area contributed by atoms with Crippen LogP contribution in [-0.2, 0) is 10.9 Å². The molecule has 0 saturated carbocycles. The van der Waals surface area contributed by atoms with Gasteiger partial charge in [0.2, 0.25) is 0 Å². The summed E-state index contributed by atoms with van der Waals surface area (Å²) in [6.45, 7) is 0.411. The van der Waals surface area contributed by atoms with Gasteiger partial charge in [0, 0.05) is 12.0 Å². The van der Waals surface area contributed by atoms with Crippen LogP contribution in [0.15, 0.2) is 42.5 Å². The van der Waals surface area contributed by atoms with Crippen molar-refractivity contribution in [2.24, 2.45) is 0 Å². The zero-order chi connectivity index (χ0) is 20.3. The Morgan fingerprint density at radius 1 is 1.04 bits per heavy atom. The molecule has 0 amide bonds. The minimum Gasteiger partial charge on any atom is -0.478 e. The molecule has 1 aliphatic heterocycles. The van der Waals surface area contributed by atoms with Gasteiger partial charge in [-0.25, -0.2) is 4.79 Å². The molecule has 3 rings (SSSR count). The number of ketones is 1. The third kappa shape index (κ3) is 4.33. The van der Waals surface area contributed by atoms with Crippen LogP contribution >= 0.6 is 0 Å². The second-order valence-electron chi connectivity index (χ2n) is 6.30. The van der Waals surface area contributed by atoms with Crippen LogP contribution in [0.2, 0.25) is 0 Å². The van der Waals surface area contributed by atoms with E-state index in [1.165, 1.54) is 24.3 Å². The highest BCUT2D eigenvalue weighted by molar-refractivity contribution is 6.15. The van der Waals surface area contributed by atoms with E-state index in [0.29, 0.717) is 13.0 Å². The second-order valence-corrected chi connectivity index (χ2v) is 6.30. The summed E-state index contributed by atoms with van der Waals surface area (Å²) < 4.78 is 50.3. The van der Waals surface area contributed by atoms with E-state index in [4.69, 9.17) is 9.47 Å². The van der Waals surface area contributed by atoms with Crippen LogP contribution in [0.1, 0.15) is 51.1 Å². The molecule has 1 N–H and O–H groups in total. The summed E-state index contributed by atoms with van der Waals surface area (Å²) in [5.74, 6) is -2.33. The topological polar surface area (TPSA) is 72.8 Å². The molecule has 1 atom stereocenters. The van der Waals surface area contributed by atoms with Crippen LogP contribution in [0.3, 0.4) is 0 Å². The Kier molecular flexibility index (Phi) is 5.69. The number of benzene rings is 2. The maximum absolute atomic E-state index is 13.1. The fourth-order valence-electron chi connectivity index (χ4n) is 2.94. The number of rotatable bonds is 5. The molecule has 0 bridgehead atoms. The average molecular weight is 394 g/mol. The highest BCUT2D eigenvalue weighted by atomic mass is 19.4. The van der Waals surface area contributed by atoms with E-state index in [9.17, 15) is 27.9 Å². The van der Waals surface area contributed by atoms with Crippen molar-refractivity contribution in [2.75, 3.05) is 6.61 Å². The van der Waals surface area contributed by atoms with Crippen molar-refractivity contribution in [2.45, 2.75) is 31.7 Å². The maximum Gasteiger partial charge on any atom is 0.416 e. The lowest BCUT2D eigenvalue weighted by atomic mass is 9.96. The van der Waals surface area contributed by atoms with Crippen LogP contribution < -0.4 is 4.74 Å². The minimum absolute atomic E-state index is 0.135. The smallest absolute Gasteiger partial charge is 0.416 e. The first-order valence-electron chi connectivity index (χ1n) is 8.64. The number of ether oxygens (including phenoxy) is 2. The number of aromatic carboxylic acids is 1. The van der Waals surface area contributed by atoms with Gasteiger partial charge in [-0.1, -0.05) is 18.2 Å². The van der Waals surface area contributed by atoms with E-state index in [-0.39, 0.29) is 22.4 Å². The summed E-state index contributed by atoms with van der Waals surface area (Å²) in [4.78, 5) is 24.3. The molecule has 28 heavy (non-hydrogen) atoms. The number of hydrogen-bond acceptors (Lipinski definition) is 4. The van der Waals surface area contributed by atoms with E-state index in [1.54, 1.807) is 0 Å². The Morgan fingerprint density at radius 2 is 1.75 bits per heavy atom. The fourth-order valence-corrected chi connectivity index (χ4v) is 2.94. The van der Waals surface area contributed by atoms with Gasteiger partial charge in [0.1, 0.15) is 5.75 Å². The predicted molar refractivity (Wildman–Crippen MR) is 92.5 cm³/mol. The standard InChI is InChI=1S/C20H17F3O5/c21-20(22,23)12-8-9-15(16(11-12)28-17-7-3-4-10-27-17)18(24)13-5-1-2-6-14(13)19(25)26/h1-2,5-6,8-9,11,17H,3-4,7,10H2,(H,25,26). The normalized spacial score (nSPS) is 17.2. The minimum atomic E-state index is -4.62. The molecule has 0 spiro atoms. The Balaban J connectivity index is 2.04. The Morgan fingerprint density at radius 3 is 2.36 bits per heavy atom. The van der Waals surface area contributed by atoms with E-state index < -0.39 is 29.8 Å². The number of hydrogen-bond donors (Lipinski definition) is 1. The van der Waals surface area contributed by atoms with Crippen LogP contribution in [0.5, 0.6) is 5.75 Å². The quantitative estimate of drug-likeness (QED) is 0.754. The van der Waals surface area contributed by atoms with Crippen molar-refractivity contribution in [1.29, 1.82) is 0 Å². The molecular formula is C20H17F3O5. The van der Waals surface area contributed by atoms with Crippen molar-refractivity contribution < 1.29 is 37.3 Å². The number of carboxylic acid groups (broad SMARTS) is 1. The number of carbonyl (C=O) groups excluding carboxylic acids is 1. The number of carbonyl (C=O) groups is 2. The third-order valence-electron chi connectivity index (χ3n) is 4.35. The lowest BCUT2D eigenvalue weighted by Gasteiger charge is -2.25. The van der Waals surface area contributed by atoms with Crippen molar-refractivity contribution in [3.8, 4) is 5.75 Å². The monoisotopic (exact) mass is 394 g/mol. The number of halogens is 3. The van der Waals surface area contributed by atoms with Gasteiger partial charge in [0.15, 0.2) is 12.1 Å². The molecule has 1 fully saturated rings. The van der Waals surface area contributed by atoms with Crippen molar-refractivity contribution in [3.05, 3.63) is 64.7 Å². The van der Waals surface area contributed by atoms with E-state index in [1.807, 2.05) is 0 Å². The van der Waals surface area contributed by atoms with Crippen molar-refractivity contribution >= 4 is 11.8 Å². The zero-order valence-corrected chi connectivity index (χ0v) is 14.7. The summed E-state index contributed by atoms with van der Waals surface area (Å²) >= 11 is 0. The van der Waals surface area contributed by atoms with Gasteiger partial charge in [-0.2, -0.15) is 13.2 Å². The summed E-state index contributed by atoms with van der Waals surface area (Å²) in [6.07, 6.45) is -3.30. The lowest BCUT2D eigenvalue weighted by molar-refractivity contribution is -0.138. The van der Waals surface area contributed by atoms with Gasteiger partial charge in [-0.05, 0) is 37.1 Å². The first-order chi connectivity index (χ1) is 13.3. The average Bonchev–Trinajstić information content (AvgIpc) is 2.67. The molecule has 1 heterocycles. The summed E-state index contributed by atoms with van der Waals surface area (Å²) in [5, 5.41) is 9.29. The highest BCUT2D eigenvalue weighted by Crippen LogP contribution is 2.35. The van der Waals surface area contributed by atoms with Crippen molar-refractivity contribution in [3.63, 3.8) is 0 Å². The molecule has 0 aromatic heterocycles. The Bertz CT molecular complexity index is 886. The van der Waals surface area contributed by atoms with Gasteiger partial charge in [-0.15, -0.1) is 0 Å². The first kappa shape index (κ1) is 19.9. The Labute approximate surface area is 158 Å². The first-order valence-corrected chi connectivity index (χ1v) is 8.64. The van der Waals surface area contributed by atoms with Gasteiger partial charge in [0.25, 0.3) is 0 Å². The van der Waals surface area contributed by atoms with Crippen molar-refractivity contribution in [1.82, 2.24) is 0 Å². The van der Waals surface area contributed by atoms with Crippen LogP contribution in [0.25, 0.3) is 0 Å². The van der Waals surface area contributed by atoms with Gasteiger partial charge >= 0.3 is 12.1 Å². The van der Waals surface area contributed by atoms with Gasteiger partial charge in [0.05, 0.1) is 23.3 Å².